The highest BCUT2D eigenvalue weighted by Gasteiger charge is 2.23. The number of nitrogens with one attached hydrogen (secondary N) is 1. The summed E-state index contributed by atoms with van der Waals surface area (Å²) in [5.41, 5.74) is 4.91. The van der Waals surface area contributed by atoms with E-state index in [9.17, 15) is 4.79 Å². The third-order valence-corrected chi connectivity index (χ3v) is 6.88. The Morgan fingerprint density at radius 3 is 2.34 bits per heavy atom. The molecule has 0 aliphatic heterocycles. The lowest BCUT2D eigenvalue weighted by molar-refractivity contribution is -0.114. The first-order valence-corrected chi connectivity index (χ1v) is 13.0. The summed E-state index contributed by atoms with van der Waals surface area (Å²) in [5, 5.41) is 10.3. The van der Waals surface area contributed by atoms with Gasteiger partial charge in [-0.1, -0.05) is 78.6 Å². The molecule has 1 aromatic heterocycles. The minimum absolute atomic E-state index is 0.0954. The van der Waals surface area contributed by atoms with Gasteiger partial charge in [-0.05, 0) is 64.4 Å². The summed E-state index contributed by atoms with van der Waals surface area (Å²) in [6, 6.07) is 25.4. The Hall–Kier alpha value is -3.80. The molecular formula is C31H26Cl2N2O3. The van der Waals surface area contributed by atoms with Crippen molar-refractivity contribution >= 4 is 45.6 Å². The maximum Gasteiger partial charge on any atom is 0.221 e. The van der Waals surface area contributed by atoms with Gasteiger partial charge in [0.25, 0.3) is 0 Å². The van der Waals surface area contributed by atoms with Gasteiger partial charge < -0.3 is 14.6 Å². The van der Waals surface area contributed by atoms with Gasteiger partial charge in [0.15, 0.2) is 0 Å². The van der Waals surface area contributed by atoms with Crippen LogP contribution in [0, 0.1) is 0 Å². The van der Waals surface area contributed by atoms with Crippen LogP contribution in [0.15, 0.2) is 83.4 Å². The number of hydrogen-bond donors (Lipinski definition) is 1. The van der Waals surface area contributed by atoms with E-state index in [1.165, 1.54) is 6.92 Å². The van der Waals surface area contributed by atoms with E-state index < -0.39 is 0 Å². The fraction of sp³-hybridized carbons (Fsp3) is 0.161. The molecule has 192 valence electrons. The molecule has 1 N–H and O–H groups in total. The second-order valence-corrected chi connectivity index (χ2v) is 10.2. The van der Waals surface area contributed by atoms with Gasteiger partial charge in [0.05, 0.1) is 15.6 Å². The number of anilines is 1. The molecule has 0 radical (unpaired) electrons. The lowest BCUT2D eigenvalue weighted by atomic mass is 10.0. The van der Waals surface area contributed by atoms with E-state index in [4.69, 9.17) is 32.5 Å². The number of nitrogens with zero attached hydrogens (tertiary/aromatic N) is 1. The van der Waals surface area contributed by atoms with E-state index >= 15 is 0 Å². The van der Waals surface area contributed by atoms with Gasteiger partial charge in [-0.3, -0.25) is 4.79 Å². The Kier molecular flexibility index (Phi) is 7.41. The van der Waals surface area contributed by atoms with Crippen molar-refractivity contribution in [2.24, 2.45) is 0 Å². The van der Waals surface area contributed by atoms with E-state index in [1.54, 1.807) is 18.2 Å². The van der Waals surface area contributed by atoms with Crippen molar-refractivity contribution in [2.45, 2.75) is 33.3 Å². The van der Waals surface area contributed by atoms with E-state index in [1.807, 2.05) is 56.3 Å². The maximum atomic E-state index is 11.4. The van der Waals surface area contributed by atoms with E-state index in [2.05, 4.69) is 28.7 Å². The Morgan fingerprint density at radius 1 is 0.921 bits per heavy atom. The zero-order valence-corrected chi connectivity index (χ0v) is 22.7. The maximum absolute atomic E-state index is 11.4. The molecule has 0 aliphatic carbocycles. The summed E-state index contributed by atoms with van der Waals surface area (Å²) in [4.78, 5) is 11.4. The van der Waals surface area contributed by atoms with Crippen LogP contribution >= 0.6 is 23.2 Å². The van der Waals surface area contributed by atoms with Gasteiger partial charge in [-0.25, -0.2) is 0 Å². The summed E-state index contributed by atoms with van der Waals surface area (Å²) >= 11 is 12.9. The standard InChI is InChI=1S/C31H26Cl2N2O3/c1-18(2)31-26(30(35-38-31)29-27(32)8-5-9-28(29)33)17-37-25-13-12-22-14-21(10-11-23(22)16-25)20-6-4-7-24(15-20)34-19(3)36/h4-16,18H,17H2,1-3H3,(H,34,36). The van der Waals surface area contributed by atoms with Crippen LogP contribution in [0.1, 0.15) is 38.0 Å². The first-order chi connectivity index (χ1) is 18.3. The minimum atomic E-state index is -0.0954. The molecule has 0 bridgehead atoms. The molecule has 0 spiro atoms. The number of rotatable bonds is 7. The molecule has 1 heterocycles. The average Bonchev–Trinajstić information content (AvgIpc) is 3.30. The Bertz CT molecular complexity index is 1620. The van der Waals surface area contributed by atoms with Crippen molar-refractivity contribution in [1.29, 1.82) is 0 Å². The molecule has 0 unspecified atom stereocenters. The summed E-state index contributed by atoms with van der Waals surface area (Å²) in [7, 11) is 0. The van der Waals surface area contributed by atoms with E-state index in [0.717, 1.165) is 44.7 Å². The van der Waals surface area contributed by atoms with Gasteiger partial charge in [-0.2, -0.15) is 0 Å². The summed E-state index contributed by atoms with van der Waals surface area (Å²) in [6.07, 6.45) is 0. The first-order valence-electron chi connectivity index (χ1n) is 12.3. The molecule has 38 heavy (non-hydrogen) atoms. The SMILES string of the molecule is CC(=O)Nc1cccc(-c2ccc3cc(OCc4c(-c5c(Cl)cccc5Cl)noc4C(C)C)ccc3c2)c1. The number of amides is 1. The van der Waals surface area contributed by atoms with Crippen molar-refractivity contribution in [3.8, 4) is 28.1 Å². The van der Waals surface area contributed by atoms with Gasteiger partial charge in [0.1, 0.15) is 23.8 Å². The number of fused-ring (bicyclic) bond motifs is 1. The Labute approximate surface area is 231 Å². The second-order valence-electron chi connectivity index (χ2n) is 9.40. The first kappa shape index (κ1) is 25.8. The molecule has 7 heteroatoms. The van der Waals surface area contributed by atoms with Crippen LogP contribution < -0.4 is 10.1 Å². The van der Waals surface area contributed by atoms with Crippen molar-refractivity contribution in [3.63, 3.8) is 0 Å². The number of ether oxygens (including phenoxy) is 1. The van der Waals surface area contributed by atoms with Crippen LogP contribution in [0.4, 0.5) is 5.69 Å². The van der Waals surface area contributed by atoms with Gasteiger partial charge in [0, 0.05) is 24.1 Å². The summed E-state index contributed by atoms with van der Waals surface area (Å²) < 4.78 is 11.9. The molecule has 5 aromatic rings. The van der Waals surface area contributed by atoms with E-state index in [-0.39, 0.29) is 18.4 Å². The summed E-state index contributed by atoms with van der Waals surface area (Å²) in [5.74, 6) is 1.48. The highest BCUT2D eigenvalue weighted by atomic mass is 35.5. The molecule has 1 amide bonds. The van der Waals surface area contributed by atoms with Crippen molar-refractivity contribution < 1.29 is 14.1 Å². The number of carbonyl (C=O) groups excluding carboxylic acids is 1. The van der Waals surface area contributed by atoms with Crippen molar-refractivity contribution in [2.75, 3.05) is 5.32 Å². The van der Waals surface area contributed by atoms with Crippen molar-refractivity contribution in [3.05, 3.63) is 100 Å². The number of hydrogen-bond acceptors (Lipinski definition) is 4. The smallest absolute Gasteiger partial charge is 0.221 e. The fourth-order valence-corrected chi connectivity index (χ4v) is 5.04. The fourth-order valence-electron chi connectivity index (χ4n) is 4.46. The zero-order valence-electron chi connectivity index (χ0n) is 21.2. The van der Waals surface area contributed by atoms with Crippen LogP contribution in [-0.2, 0) is 11.4 Å². The predicted molar refractivity (Wildman–Crippen MR) is 154 cm³/mol. The van der Waals surface area contributed by atoms with Gasteiger partial charge in [-0.15, -0.1) is 0 Å². The van der Waals surface area contributed by atoms with Crippen LogP contribution in [0.3, 0.4) is 0 Å². The number of benzene rings is 4. The topological polar surface area (TPSA) is 64.4 Å². The largest absolute Gasteiger partial charge is 0.489 e. The molecule has 0 saturated heterocycles. The number of carbonyl (C=O) groups is 1. The van der Waals surface area contributed by atoms with Crippen LogP contribution in [0.2, 0.25) is 10.0 Å². The molecule has 4 aromatic carbocycles. The third-order valence-electron chi connectivity index (χ3n) is 6.25. The monoisotopic (exact) mass is 544 g/mol. The van der Waals surface area contributed by atoms with Crippen molar-refractivity contribution in [1.82, 2.24) is 5.16 Å². The predicted octanol–water partition coefficient (Wildman–Crippen LogP) is 9.13. The molecular weight excluding hydrogens is 519 g/mol. The van der Waals surface area contributed by atoms with Gasteiger partial charge >= 0.3 is 0 Å². The highest BCUT2D eigenvalue weighted by molar-refractivity contribution is 6.39. The summed E-state index contributed by atoms with van der Waals surface area (Å²) in [6.45, 7) is 5.85. The normalized spacial score (nSPS) is 11.2. The molecule has 0 saturated carbocycles. The molecule has 0 fully saturated rings. The van der Waals surface area contributed by atoms with E-state index in [0.29, 0.717) is 21.3 Å². The minimum Gasteiger partial charge on any atom is -0.489 e. The third kappa shape index (κ3) is 5.40. The Morgan fingerprint density at radius 2 is 1.61 bits per heavy atom. The molecule has 0 aliphatic rings. The molecule has 5 nitrogen and oxygen atoms in total. The Balaban J connectivity index is 1.41. The van der Waals surface area contributed by atoms with Crippen LogP contribution in [0.5, 0.6) is 5.75 Å². The average molecular weight is 545 g/mol. The van der Waals surface area contributed by atoms with Crippen LogP contribution in [0.25, 0.3) is 33.2 Å². The lowest BCUT2D eigenvalue weighted by Crippen LogP contribution is -2.05. The quantitative estimate of drug-likeness (QED) is 0.222. The van der Waals surface area contributed by atoms with Gasteiger partial charge in [0.2, 0.25) is 5.91 Å². The molecule has 0 atom stereocenters. The second kappa shape index (κ2) is 10.9. The number of aromatic nitrogens is 1. The van der Waals surface area contributed by atoms with Crippen LogP contribution in [-0.4, -0.2) is 11.1 Å². The zero-order chi connectivity index (χ0) is 26.8. The number of halogens is 2. The molecule has 5 rings (SSSR count). The lowest BCUT2D eigenvalue weighted by Gasteiger charge is -2.12. The highest BCUT2D eigenvalue weighted by Crippen LogP contribution is 2.39.